The number of thioether (sulfide) groups is 1. The minimum atomic E-state index is -1.05. The van der Waals surface area contributed by atoms with Gasteiger partial charge in [0.15, 0.2) is 0 Å². The van der Waals surface area contributed by atoms with Gasteiger partial charge in [-0.05, 0) is 42.7 Å². The highest BCUT2D eigenvalue weighted by Crippen LogP contribution is 2.39. The van der Waals surface area contributed by atoms with E-state index in [0.29, 0.717) is 51.7 Å². The summed E-state index contributed by atoms with van der Waals surface area (Å²) in [6, 6.07) is 11.5. The zero-order valence-corrected chi connectivity index (χ0v) is 21.0. The van der Waals surface area contributed by atoms with Crippen LogP contribution in [0.1, 0.15) is 41.1 Å². The van der Waals surface area contributed by atoms with E-state index in [1.54, 1.807) is 25.4 Å². The van der Waals surface area contributed by atoms with Gasteiger partial charge in [0.2, 0.25) is 5.89 Å². The number of rotatable bonds is 8. The molecule has 1 fully saturated rings. The molecule has 3 heterocycles. The Morgan fingerprint density at radius 3 is 2.64 bits per heavy atom. The Kier molecular flexibility index (Phi) is 8.11. The van der Waals surface area contributed by atoms with Crippen LogP contribution in [0.4, 0.5) is 5.82 Å². The third-order valence-corrected chi connectivity index (χ3v) is 6.97. The fourth-order valence-electron chi connectivity index (χ4n) is 4.06. The molecule has 1 aliphatic heterocycles. The first-order valence-electron chi connectivity index (χ1n) is 11.1. The van der Waals surface area contributed by atoms with E-state index in [1.165, 1.54) is 16.7 Å². The molecule has 184 valence electrons. The molecule has 0 radical (unpaired) electrons. The Bertz CT molecular complexity index is 1340. The van der Waals surface area contributed by atoms with Crippen LogP contribution < -0.4 is 4.90 Å². The Morgan fingerprint density at radius 1 is 1.25 bits per heavy atom. The predicted molar refractivity (Wildman–Crippen MR) is 134 cm³/mol. The summed E-state index contributed by atoms with van der Waals surface area (Å²) in [6.07, 6.45) is 3.10. The van der Waals surface area contributed by atoms with Crippen LogP contribution in [0.25, 0.3) is 11.5 Å². The highest BCUT2D eigenvalue weighted by atomic mass is 35.5. The zero-order valence-electron chi connectivity index (χ0n) is 19.4. The van der Waals surface area contributed by atoms with Crippen LogP contribution in [-0.2, 0) is 15.3 Å². The molecular formula is C25H22ClN5O4S. The number of likely N-dealkylation sites (N-methyl/N-ethyl adjacent to an activating group) is 1. The molecule has 36 heavy (non-hydrogen) atoms. The molecule has 2 aromatic heterocycles. The molecule has 0 amide bonds. The van der Waals surface area contributed by atoms with Crippen molar-refractivity contribution in [2.75, 3.05) is 31.7 Å². The standard InChI is InChI=1S/C25H22ClN5O4S/c1-31(11-21(32)33)23-19(9-27)22(16-3-2-8-34-12-16)20(10-28)25(30-23)36-14-18-13-35-24(29-18)15-4-6-17(26)7-5-15/h4-7,13,16H,2-3,8,11-12,14H2,1H3,(H,32,33). The van der Waals surface area contributed by atoms with Crippen molar-refractivity contribution in [2.45, 2.75) is 29.5 Å². The van der Waals surface area contributed by atoms with Crippen LogP contribution in [0, 0.1) is 22.7 Å². The number of carboxylic acid groups (broad SMARTS) is 1. The van der Waals surface area contributed by atoms with E-state index < -0.39 is 5.97 Å². The second kappa shape index (κ2) is 11.4. The van der Waals surface area contributed by atoms with E-state index in [1.807, 2.05) is 12.1 Å². The molecule has 1 aliphatic rings. The molecule has 0 saturated carbocycles. The fraction of sp³-hybridized carbons (Fsp3) is 0.320. The number of nitrogens with zero attached hydrogens (tertiary/aromatic N) is 5. The highest BCUT2D eigenvalue weighted by molar-refractivity contribution is 7.98. The first kappa shape index (κ1) is 25.5. The van der Waals surface area contributed by atoms with E-state index in [0.717, 1.165) is 18.4 Å². The lowest BCUT2D eigenvalue weighted by molar-refractivity contribution is -0.135. The number of benzene rings is 1. The number of aliphatic carboxylic acids is 1. The minimum absolute atomic E-state index is 0.161. The van der Waals surface area contributed by atoms with Gasteiger partial charge in [0.05, 0.1) is 23.4 Å². The number of pyridine rings is 1. The molecule has 1 N–H and O–H groups in total. The number of anilines is 1. The second-order valence-electron chi connectivity index (χ2n) is 8.23. The molecule has 1 saturated heterocycles. The summed E-state index contributed by atoms with van der Waals surface area (Å²) < 4.78 is 11.2. The van der Waals surface area contributed by atoms with Gasteiger partial charge in [0, 0.05) is 35.9 Å². The maximum atomic E-state index is 11.4. The van der Waals surface area contributed by atoms with Crippen molar-refractivity contribution >= 4 is 35.1 Å². The van der Waals surface area contributed by atoms with Crippen LogP contribution in [-0.4, -0.2) is 47.8 Å². The van der Waals surface area contributed by atoms with Crippen molar-refractivity contribution in [3.63, 3.8) is 0 Å². The van der Waals surface area contributed by atoms with Crippen LogP contribution in [0.15, 0.2) is 40.0 Å². The molecule has 3 aromatic rings. The van der Waals surface area contributed by atoms with E-state index in [4.69, 9.17) is 20.8 Å². The number of carboxylic acids is 1. The van der Waals surface area contributed by atoms with E-state index in [-0.39, 0.29) is 23.8 Å². The van der Waals surface area contributed by atoms with Gasteiger partial charge < -0.3 is 19.2 Å². The number of aromatic nitrogens is 2. The second-order valence-corrected chi connectivity index (χ2v) is 9.63. The lowest BCUT2D eigenvalue weighted by Crippen LogP contribution is -2.28. The van der Waals surface area contributed by atoms with Gasteiger partial charge in [0.1, 0.15) is 35.8 Å². The molecule has 1 aromatic carbocycles. The summed E-state index contributed by atoms with van der Waals surface area (Å²) in [7, 11) is 1.56. The molecule has 1 atom stereocenters. The summed E-state index contributed by atoms with van der Waals surface area (Å²) in [4.78, 5) is 21.9. The Balaban J connectivity index is 1.70. The van der Waals surface area contributed by atoms with E-state index in [9.17, 15) is 20.4 Å². The number of ether oxygens (including phenoxy) is 1. The van der Waals surface area contributed by atoms with Crippen molar-refractivity contribution in [2.24, 2.45) is 0 Å². The number of hydrogen-bond acceptors (Lipinski definition) is 9. The average molecular weight is 524 g/mol. The SMILES string of the molecule is CN(CC(=O)O)c1nc(SCc2coc(-c3ccc(Cl)cc3)n2)c(C#N)c(C2CCCOC2)c1C#N. The molecule has 0 spiro atoms. The monoisotopic (exact) mass is 523 g/mol. The van der Waals surface area contributed by atoms with Crippen molar-refractivity contribution in [1.29, 1.82) is 10.5 Å². The van der Waals surface area contributed by atoms with Gasteiger partial charge in [-0.1, -0.05) is 23.4 Å². The first-order chi connectivity index (χ1) is 17.4. The maximum Gasteiger partial charge on any atom is 0.323 e. The Hall–Kier alpha value is -3.57. The third-order valence-electron chi connectivity index (χ3n) is 5.71. The normalized spacial score (nSPS) is 15.2. The quantitative estimate of drug-likeness (QED) is 0.408. The molecule has 0 bridgehead atoms. The molecule has 9 nitrogen and oxygen atoms in total. The highest BCUT2D eigenvalue weighted by Gasteiger charge is 2.29. The Labute approximate surface area is 217 Å². The number of nitriles is 2. The summed E-state index contributed by atoms with van der Waals surface area (Å²) in [5.74, 6) is -0.193. The van der Waals surface area contributed by atoms with Crippen LogP contribution in [0.3, 0.4) is 0 Å². The maximum absolute atomic E-state index is 11.4. The van der Waals surface area contributed by atoms with Gasteiger partial charge in [-0.25, -0.2) is 9.97 Å². The lowest BCUT2D eigenvalue weighted by atomic mass is 9.87. The molecule has 1 unspecified atom stereocenters. The Morgan fingerprint density at radius 2 is 2.00 bits per heavy atom. The van der Waals surface area contributed by atoms with Crippen molar-refractivity contribution in [1.82, 2.24) is 9.97 Å². The van der Waals surface area contributed by atoms with Crippen molar-refractivity contribution in [3.8, 4) is 23.6 Å². The lowest BCUT2D eigenvalue weighted by Gasteiger charge is -2.27. The summed E-state index contributed by atoms with van der Waals surface area (Å²) in [6.45, 7) is 0.667. The van der Waals surface area contributed by atoms with Crippen LogP contribution in [0.2, 0.25) is 5.02 Å². The first-order valence-corrected chi connectivity index (χ1v) is 12.5. The summed E-state index contributed by atoms with van der Waals surface area (Å²) >= 11 is 7.23. The molecular weight excluding hydrogens is 502 g/mol. The predicted octanol–water partition coefficient (Wildman–Crippen LogP) is 4.84. The van der Waals surface area contributed by atoms with Gasteiger partial charge in [-0.3, -0.25) is 4.79 Å². The minimum Gasteiger partial charge on any atom is -0.480 e. The van der Waals surface area contributed by atoms with Gasteiger partial charge >= 0.3 is 5.97 Å². The average Bonchev–Trinajstić information content (AvgIpc) is 3.36. The molecule has 0 aliphatic carbocycles. The topological polar surface area (TPSA) is 136 Å². The number of carbonyl (C=O) groups is 1. The molecule has 4 rings (SSSR count). The summed E-state index contributed by atoms with van der Waals surface area (Å²) in [5.41, 5.74) is 2.50. The van der Waals surface area contributed by atoms with Crippen molar-refractivity contribution in [3.05, 3.63) is 57.9 Å². The summed E-state index contributed by atoms with van der Waals surface area (Å²) in [5, 5.41) is 30.4. The largest absolute Gasteiger partial charge is 0.480 e. The van der Waals surface area contributed by atoms with Gasteiger partial charge in [-0.15, -0.1) is 0 Å². The molecule has 11 heteroatoms. The van der Waals surface area contributed by atoms with E-state index >= 15 is 0 Å². The van der Waals surface area contributed by atoms with Crippen LogP contribution in [0.5, 0.6) is 0 Å². The van der Waals surface area contributed by atoms with Gasteiger partial charge in [-0.2, -0.15) is 10.5 Å². The smallest absolute Gasteiger partial charge is 0.323 e. The van der Waals surface area contributed by atoms with E-state index in [2.05, 4.69) is 22.1 Å². The number of oxazole rings is 1. The van der Waals surface area contributed by atoms with Crippen LogP contribution >= 0.6 is 23.4 Å². The van der Waals surface area contributed by atoms with Gasteiger partial charge in [0.25, 0.3) is 0 Å². The van der Waals surface area contributed by atoms with Crippen molar-refractivity contribution < 1.29 is 19.1 Å². The fourth-order valence-corrected chi connectivity index (χ4v) is 5.06. The third kappa shape index (κ3) is 5.63. The number of hydrogen-bond donors (Lipinski definition) is 1. The number of halogens is 1. The zero-order chi connectivity index (χ0) is 25.7.